The van der Waals surface area contributed by atoms with Gasteiger partial charge in [0.2, 0.25) is 0 Å². The summed E-state index contributed by atoms with van der Waals surface area (Å²) in [5.41, 5.74) is 2.80. The third-order valence-electron chi connectivity index (χ3n) is 4.36. The minimum atomic E-state index is -0.536. The zero-order valence-electron chi connectivity index (χ0n) is 14.0. The minimum absolute atomic E-state index is 0.107. The number of pyridine rings is 1. The first-order valence-corrected chi connectivity index (χ1v) is 8.40. The Balaban J connectivity index is 1.59. The second-order valence-corrected chi connectivity index (χ2v) is 6.10. The maximum atomic E-state index is 12.4. The van der Waals surface area contributed by atoms with Crippen LogP contribution in [0.5, 0.6) is 0 Å². The average Bonchev–Trinajstić information content (AvgIpc) is 3.22. The number of aromatic nitrogens is 5. The van der Waals surface area contributed by atoms with Gasteiger partial charge in [-0.25, -0.2) is 9.67 Å². The molecule has 4 rings (SSSR count). The van der Waals surface area contributed by atoms with Crippen molar-refractivity contribution in [3.05, 3.63) is 93.3 Å². The van der Waals surface area contributed by atoms with Gasteiger partial charge < -0.3 is 9.13 Å². The van der Waals surface area contributed by atoms with E-state index < -0.39 is 11.1 Å². The first-order valence-electron chi connectivity index (χ1n) is 8.40. The van der Waals surface area contributed by atoms with E-state index in [0.717, 1.165) is 18.4 Å². The summed E-state index contributed by atoms with van der Waals surface area (Å²) >= 11 is 0. The summed E-state index contributed by atoms with van der Waals surface area (Å²) in [6, 6.07) is 5.41. The van der Waals surface area contributed by atoms with Crippen LogP contribution in [0.25, 0.3) is 5.82 Å². The zero-order chi connectivity index (χ0) is 17.9. The van der Waals surface area contributed by atoms with Crippen molar-refractivity contribution in [2.75, 3.05) is 0 Å². The molecule has 0 amide bonds. The number of hydrogen-bond acceptors (Lipinski definition) is 4. The topological polar surface area (TPSA) is 74.7 Å². The Morgan fingerprint density at radius 1 is 1.15 bits per heavy atom. The lowest BCUT2D eigenvalue weighted by Gasteiger charge is -2.17. The average molecular weight is 347 g/mol. The molecule has 1 aliphatic rings. The molecule has 3 heterocycles. The molecule has 1 atom stereocenters. The summed E-state index contributed by atoms with van der Waals surface area (Å²) in [5, 5.41) is 4.12. The molecule has 3 aromatic heterocycles. The Hall–Kier alpha value is -3.44. The molecule has 7 nitrogen and oxygen atoms in total. The van der Waals surface area contributed by atoms with E-state index in [1.807, 2.05) is 30.4 Å². The molecule has 130 valence electrons. The van der Waals surface area contributed by atoms with Gasteiger partial charge in [0.25, 0.3) is 0 Å². The fourth-order valence-electron chi connectivity index (χ4n) is 2.97. The largest absolute Gasteiger partial charge is 0.317 e. The lowest BCUT2D eigenvalue weighted by Crippen LogP contribution is -2.42. The van der Waals surface area contributed by atoms with Crippen LogP contribution in [0.4, 0.5) is 0 Å². The molecule has 1 aliphatic carbocycles. The molecule has 0 bridgehead atoms. The number of hydrogen-bond donors (Lipinski definition) is 0. The highest BCUT2D eigenvalue weighted by Crippen LogP contribution is 2.16. The molecular weight excluding hydrogens is 330 g/mol. The summed E-state index contributed by atoms with van der Waals surface area (Å²) in [5.74, 6) is 0.693. The van der Waals surface area contributed by atoms with Crippen LogP contribution in [0.3, 0.4) is 0 Å². The first kappa shape index (κ1) is 16.1. The maximum absolute atomic E-state index is 12.4. The van der Waals surface area contributed by atoms with Crippen molar-refractivity contribution in [1.82, 2.24) is 23.9 Å². The predicted octanol–water partition coefficient (Wildman–Crippen LogP) is 1.69. The van der Waals surface area contributed by atoms with Gasteiger partial charge in [-0.15, -0.1) is 5.73 Å². The van der Waals surface area contributed by atoms with Gasteiger partial charge >= 0.3 is 11.1 Å². The quantitative estimate of drug-likeness (QED) is 0.532. The molecule has 0 spiro atoms. The molecule has 1 unspecified atom stereocenters. The molecule has 0 saturated carbocycles. The fraction of sp³-hybridized carbons (Fsp3) is 0.211. The molecule has 3 aromatic rings. The second-order valence-electron chi connectivity index (χ2n) is 6.10. The van der Waals surface area contributed by atoms with Crippen LogP contribution in [-0.2, 0) is 6.54 Å². The van der Waals surface area contributed by atoms with Crippen LogP contribution in [0.2, 0.25) is 0 Å². The van der Waals surface area contributed by atoms with Crippen molar-refractivity contribution in [3.8, 4) is 5.82 Å². The monoisotopic (exact) mass is 347 g/mol. The van der Waals surface area contributed by atoms with Gasteiger partial charge in [-0.1, -0.05) is 6.07 Å². The molecule has 0 aromatic carbocycles. The first-order chi connectivity index (χ1) is 12.7. The standard InChI is InChI=1S/C19H17N5O2/c25-18-19(26)23(16-5-2-1-3-6-16)12-11-22(18)14-15-7-8-17(20-13-15)24-10-4-9-21-24/h1,4,6-13,16H,2,5,14H2. The summed E-state index contributed by atoms with van der Waals surface area (Å²) in [6.07, 6.45) is 13.9. The van der Waals surface area contributed by atoms with Crippen LogP contribution in [0, 0.1) is 0 Å². The summed E-state index contributed by atoms with van der Waals surface area (Å²) in [4.78, 5) is 29.2. The zero-order valence-corrected chi connectivity index (χ0v) is 14.0. The van der Waals surface area contributed by atoms with Crippen molar-refractivity contribution in [2.45, 2.75) is 25.4 Å². The van der Waals surface area contributed by atoms with E-state index in [9.17, 15) is 9.59 Å². The minimum Gasteiger partial charge on any atom is -0.305 e. The molecule has 0 fully saturated rings. The van der Waals surface area contributed by atoms with Crippen molar-refractivity contribution >= 4 is 0 Å². The Labute approximate surface area is 149 Å². The van der Waals surface area contributed by atoms with Gasteiger partial charge in [-0.3, -0.25) is 9.59 Å². The summed E-state index contributed by atoms with van der Waals surface area (Å²) in [7, 11) is 0. The Morgan fingerprint density at radius 3 is 2.77 bits per heavy atom. The van der Waals surface area contributed by atoms with Crippen molar-refractivity contribution in [2.24, 2.45) is 0 Å². The third kappa shape index (κ3) is 3.08. The van der Waals surface area contributed by atoms with Crippen LogP contribution in [0.1, 0.15) is 24.4 Å². The van der Waals surface area contributed by atoms with E-state index in [1.54, 1.807) is 35.7 Å². The summed E-state index contributed by atoms with van der Waals surface area (Å²) in [6.45, 7) is 0.293. The highest BCUT2D eigenvalue weighted by Gasteiger charge is 2.13. The van der Waals surface area contributed by atoms with Gasteiger partial charge in [0.1, 0.15) is 0 Å². The smallest absolute Gasteiger partial charge is 0.305 e. The van der Waals surface area contributed by atoms with Crippen LogP contribution >= 0.6 is 0 Å². The van der Waals surface area contributed by atoms with Crippen molar-refractivity contribution in [3.63, 3.8) is 0 Å². The second kappa shape index (κ2) is 6.82. The van der Waals surface area contributed by atoms with Gasteiger partial charge in [-0.05, 0) is 42.7 Å². The molecule has 0 aliphatic heterocycles. The SMILES string of the molecule is O=c1c(=O)n(C2C=C=CCC2)ccn1Cc1ccc(-n2cccn2)nc1. The normalized spacial score (nSPS) is 16.1. The van der Waals surface area contributed by atoms with Crippen LogP contribution in [0.15, 0.2) is 76.7 Å². The molecule has 26 heavy (non-hydrogen) atoms. The lowest BCUT2D eigenvalue weighted by atomic mass is 10.1. The summed E-state index contributed by atoms with van der Waals surface area (Å²) < 4.78 is 4.55. The molecule has 7 heteroatoms. The van der Waals surface area contributed by atoms with Crippen molar-refractivity contribution < 1.29 is 0 Å². The molecule has 0 saturated heterocycles. The van der Waals surface area contributed by atoms with Crippen LogP contribution in [-0.4, -0.2) is 23.9 Å². The van der Waals surface area contributed by atoms with E-state index in [4.69, 9.17) is 0 Å². The Kier molecular flexibility index (Phi) is 4.21. The Morgan fingerprint density at radius 2 is 2.08 bits per heavy atom. The van der Waals surface area contributed by atoms with E-state index in [1.165, 1.54) is 9.13 Å². The molecule has 0 N–H and O–H groups in total. The van der Waals surface area contributed by atoms with Gasteiger partial charge in [0.15, 0.2) is 5.82 Å². The Bertz CT molecular complexity index is 1080. The highest BCUT2D eigenvalue weighted by molar-refractivity contribution is 5.24. The highest BCUT2D eigenvalue weighted by atomic mass is 16.2. The molecular formula is C19H17N5O2. The van der Waals surface area contributed by atoms with Gasteiger partial charge in [0.05, 0.1) is 12.6 Å². The number of rotatable bonds is 4. The van der Waals surface area contributed by atoms with Crippen molar-refractivity contribution in [1.29, 1.82) is 0 Å². The van der Waals surface area contributed by atoms with Crippen LogP contribution < -0.4 is 11.1 Å². The number of allylic oxidation sites excluding steroid dienone is 1. The fourth-order valence-corrected chi connectivity index (χ4v) is 2.97. The van der Waals surface area contributed by atoms with E-state index in [0.29, 0.717) is 12.4 Å². The van der Waals surface area contributed by atoms with E-state index in [2.05, 4.69) is 15.8 Å². The van der Waals surface area contributed by atoms with Gasteiger partial charge in [0, 0.05) is 31.0 Å². The van der Waals surface area contributed by atoms with Gasteiger partial charge in [-0.2, -0.15) is 5.10 Å². The van der Waals surface area contributed by atoms with E-state index in [-0.39, 0.29) is 6.04 Å². The van der Waals surface area contributed by atoms with E-state index >= 15 is 0 Å². The number of nitrogens with zero attached hydrogens (tertiary/aromatic N) is 5. The lowest BCUT2D eigenvalue weighted by molar-refractivity contribution is 0.522. The molecule has 0 radical (unpaired) electrons. The maximum Gasteiger partial charge on any atom is 0.317 e. The third-order valence-corrected chi connectivity index (χ3v) is 4.36. The predicted molar refractivity (Wildman–Crippen MR) is 96.3 cm³/mol.